The largest absolute Gasteiger partial charge is 0.485 e. The number of fused-ring (bicyclic) bond motifs is 2. The van der Waals surface area contributed by atoms with Crippen LogP contribution in [0.3, 0.4) is 0 Å². The van der Waals surface area contributed by atoms with Crippen LogP contribution in [0.25, 0.3) is 0 Å². The summed E-state index contributed by atoms with van der Waals surface area (Å²) in [6.45, 7) is 4.01. The molecule has 1 fully saturated rings. The Kier molecular flexibility index (Phi) is 3.48. The molecule has 2 aliphatic carbocycles. The summed E-state index contributed by atoms with van der Waals surface area (Å²) in [5, 5.41) is 0. The first-order valence-electron chi connectivity index (χ1n) is 8.62. The van der Waals surface area contributed by atoms with Crippen molar-refractivity contribution < 1.29 is 14.3 Å². The summed E-state index contributed by atoms with van der Waals surface area (Å²) >= 11 is 0. The Morgan fingerprint density at radius 3 is 2.42 bits per heavy atom. The van der Waals surface area contributed by atoms with Gasteiger partial charge in [-0.25, -0.2) is 0 Å². The summed E-state index contributed by atoms with van der Waals surface area (Å²) in [7, 11) is 0. The molecule has 0 spiro atoms. The van der Waals surface area contributed by atoms with Crippen LogP contribution in [0.1, 0.15) is 38.2 Å². The van der Waals surface area contributed by atoms with E-state index in [4.69, 9.17) is 4.74 Å². The molecular formula is C21H22O3. The van der Waals surface area contributed by atoms with Crippen LogP contribution in [0, 0.1) is 17.3 Å². The summed E-state index contributed by atoms with van der Waals surface area (Å²) < 4.78 is 6.11. The zero-order chi connectivity index (χ0) is 16.9. The van der Waals surface area contributed by atoms with E-state index in [0.29, 0.717) is 12.8 Å². The molecule has 0 bridgehead atoms. The number of Topliss-reactive ketones (excluding diaryl/α,β-unsaturated/α-hetero) is 2. The van der Waals surface area contributed by atoms with Crippen LogP contribution in [0.5, 0.6) is 5.75 Å². The molecule has 4 rings (SSSR count). The molecule has 3 nitrogen and oxygen atoms in total. The number of allylic oxidation sites excluding steroid dienone is 2. The fraction of sp³-hybridized carbons (Fsp3) is 0.429. The van der Waals surface area contributed by atoms with Crippen molar-refractivity contribution in [2.45, 2.75) is 38.7 Å². The summed E-state index contributed by atoms with van der Waals surface area (Å²) in [6.07, 6.45) is 8.92. The van der Waals surface area contributed by atoms with E-state index in [-0.39, 0.29) is 34.9 Å². The summed E-state index contributed by atoms with van der Waals surface area (Å²) in [4.78, 5) is 25.8. The summed E-state index contributed by atoms with van der Waals surface area (Å²) in [5.74, 6) is 0.321. The number of carbonyl (C=O) groups excluding carboxylic acids is 2. The topological polar surface area (TPSA) is 43.4 Å². The van der Waals surface area contributed by atoms with Crippen LogP contribution in [-0.4, -0.2) is 17.7 Å². The predicted molar refractivity (Wildman–Crippen MR) is 91.9 cm³/mol. The minimum Gasteiger partial charge on any atom is -0.485 e. The van der Waals surface area contributed by atoms with E-state index in [1.807, 2.05) is 56.3 Å². The number of rotatable bonds is 1. The average Bonchev–Trinajstić information content (AvgIpc) is 2.52. The second kappa shape index (κ2) is 5.44. The van der Waals surface area contributed by atoms with Gasteiger partial charge in [-0.1, -0.05) is 50.3 Å². The molecule has 0 aromatic heterocycles. The van der Waals surface area contributed by atoms with Gasteiger partial charge >= 0.3 is 0 Å². The number of ether oxygens (including phenoxy) is 1. The van der Waals surface area contributed by atoms with Gasteiger partial charge in [-0.05, 0) is 23.1 Å². The maximum Gasteiger partial charge on any atom is 0.144 e. The van der Waals surface area contributed by atoms with Gasteiger partial charge in [-0.3, -0.25) is 9.59 Å². The molecular weight excluding hydrogens is 300 g/mol. The molecule has 3 heteroatoms. The normalized spacial score (nSPS) is 31.3. The molecule has 1 aromatic carbocycles. The van der Waals surface area contributed by atoms with Gasteiger partial charge in [0.05, 0.1) is 5.92 Å². The lowest BCUT2D eigenvalue weighted by atomic mass is 9.62. The maximum absolute atomic E-state index is 12.9. The zero-order valence-corrected chi connectivity index (χ0v) is 14.1. The van der Waals surface area contributed by atoms with Gasteiger partial charge in [0.1, 0.15) is 23.4 Å². The van der Waals surface area contributed by atoms with Crippen molar-refractivity contribution in [2.24, 2.45) is 17.3 Å². The van der Waals surface area contributed by atoms with E-state index < -0.39 is 5.92 Å². The van der Waals surface area contributed by atoms with Gasteiger partial charge in [0.25, 0.3) is 0 Å². The highest BCUT2D eigenvalue weighted by molar-refractivity contribution is 6.06. The first-order valence-corrected chi connectivity index (χ1v) is 8.62. The molecule has 0 amide bonds. The molecule has 1 saturated carbocycles. The summed E-state index contributed by atoms with van der Waals surface area (Å²) in [5.41, 5.74) is 0.766. The van der Waals surface area contributed by atoms with E-state index in [0.717, 1.165) is 11.3 Å². The fourth-order valence-corrected chi connectivity index (χ4v) is 4.47. The highest BCUT2D eigenvalue weighted by atomic mass is 16.5. The Bertz CT molecular complexity index is 736. The number of hydrogen-bond donors (Lipinski definition) is 0. The molecule has 0 N–H and O–H groups in total. The summed E-state index contributed by atoms with van der Waals surface area (Å²) in [6, 6.07) is 7.83. The van der Waals surface area contributed by atoms with Crippen molar-refractivity contribution in [3.05, 3.63) is 54.1 Å². The Balaban J connectivity index is 1.80. The highest BCUT2D eigenvalue weighted by Crippen LogP contribution is 2.49. The van der Waals surface area contributed by atoms with Crippen LogP contribution in [-0.2, 0) is 9.59 Å². The minimum absolute atomic E-state index is 0.0315. The van der Waals surface area contributed by atoms with Gasteiger partial charge in [0.2, 0.25) is 0 Å². The second-order valence-corrected chi connectivity index (χ2v) is 7.92. The maximum atomic E-state index is 12.9. The number of benzene rings is 1. The Morgan fingerprint density at radius 1 is 1.00 bits per heavy atom. The highest BCUT2D eigenvalue weighted by Gasteiger charge is 2.49. The number of ketones is 2. The van der Waals surface area contributed by atoms with Crippen molar-refractivity contribution in [3.63, 3.8) is 0 Å². The number of para-hydroxylation sites is 1. The standard InChI is InChI=1S/C21H22O3/c1-21(2)11-15(22)20(16(23)12-21)19-13-7-3-5-9-17(13)24-18-10-6-4-8-14(18)19/h3-10,13,17,19-20H,11-12H2,1-2H3/t13-,17-,19-/m0/s1. The van der Waals surface area contributed by atoms with Crippen molar-refractivity contribution >= 4 is 11.6 Å². The smallest absolute Gasteiger partial charge is 0.144 e. The fourth-order valence-electron chi connectivity index (χ4n) is 4.47. The van der Waals surface area contributed by atoms with Gasteiger partial charge in [-0.15, -0.1) is 0 Å². The van der Waals surface area contributed by atoms with Gasteiger partial charge in [0.15, 0.2) is 0 Å². The minimum atomic E-state index is -0.549. The molecule has 124 valence electrons. The van der Waals surface area contributed by atoms with Gasteiger partial charge < -0.3 is 4.74 Å². The van der Waals surface area contributed by atoms with Crippen LogP contribution in [0.15, 0.2) is 48.6 Å². The monoisotopic (exact) mass is 322 g/mol. The van der Waals surface area contributed by atoms with Crippen molar-refractivity contribution in [2.75, 3.05) is 0 Å². The van der Waals surface area contributed by atoms with Crippen LogP contribution < -0.4 is 4.74 Å². The van der Waals surface area contributed by atoms with Gasteiger partial charge in [0, 0.05) is 24.7 Å². The molecule has 3 aliphatic rings. The van der Waals surface area contributed by atoms with E-state index in [1.54, 1.807) is 0 Å². The van der Waals surface area contributed by atoms with E-state index in [9.17, 15) is 9.59 Å². The Hall–Kier alpha value is -2.16. The molecule has 3 atom stereocenters. The first kappa shape index (κ1) is 15.4. The van der Waals surface area contributed by atoms with E-state index in [1.165, 1.54) is 0 Å². The molecule has 1 heterocycles. The Morgan fingerprint density at radius 2 is 1.67 bits per heavy atom. The lowest BCUT2D eigenvalue weighted by Gasteiger charge is -2.43. The van der Waals surface area contributed by atoms with Crippen molar-refractivity contribution in [3.8, 4) is 5.75 Å². The third-order valence-corrected chi connectivity index (χ3v) is 5.44. The van der Waals surface area contributed by atoms with E-state index >= 15 is 0 Å². The predicted octanol–water partition coefficient (Wildman–Crippen LogP) is 3.85. The van der Waals surface area contributed by atoms with E-state index in [2.05, 4.69) is 6.08 Å². The zero-order valence-electron chi connectivity index (χ0n) is 14.1. The number of hydrogen-bond acceptors (Lipinski definition) is 3. The first-order chi connectivity index (χ1) is 11.5. The lowest BCUT2D eigenvalue weighted by Crippen LogP contribution is -2.46. The third kappa shape index (κ3) is 2.43. The van der Waals surface area contributed by atoms with Crippen LogP contribution in [0.4, 0.5) is 0 Å². The average molecular weight is 322 g/mol. The van der Waals surface area contributed by atoms with Gasteiger partial charge in [-0.2, -0.15) is 0 Å². The molecule has 1 aliphatic heterocycles. The third-order valence-electron chi connectivity index (χ3n) is 5.44. The Labute approximate surface area is 142 Å². The van der Waals surface area contributed by atoms with Crippen LogP contribution in [0.2, 0.25) is 0 Å². The molecule has 0 unspecified atom stereocenters. The quantitative estimate of drug-likeness (QED) is 0.738. The van der Waals surface area contributed by atoms with Crippen LogP contribution >= 0.6 is 0 Å². The van der Waals surface area contributed by atoms with Crippen molar-refractivity contribution in [1.82, 2.24) is 0 Å². The molecule has 0 saturated heterocycles. The SMILES string of the molecule is CC1(C)CC(=O)C([C@@H]2c3ccccc3O[C@H]3C=CC=C[C@@H]32)C(=O)C1. The van der Waals surface area contributed by atoms with Crippen molar-refractivity contribution in [1.29, 1.82) is 0 Å². The number of carbonyl (C=O) groups is 2. The second-order valence-electron chi connectivity index (χ2n) is 7.92. The molecule has 0 radical (unpaired) electrons. The lowest BCUT2D eigenvalue weighted by molar-refractivity contribution is -0.141. The molecule has 1 aromatic rings. The molecule has 24 heavy (non-hydrogen) atoms.